The molecule has 0 radical (unpaired) electrons. The number of carbonyl (C=O) groups excluding carboxylic acids is 2. The van der Waals surface area contributed by atoms with Gasteiger partial charge >= 0.3 is 5.97 Å². The summed E-state index contributed by atoms with van der Waals surface area (Å²) < 4.78 is 30.4. The molecule has 1 N–H and O–H groups in total. The molecular formula is C25H18Cl4FNO5. The van der Waals surface area contributed by atoms with E-state index in [2.05, 4.69) is 5.32 Å². The number of fused-ring (bicyclic) bond motifs is 1. The first-order chi connectivity index (χ1) is 17.2. The summed E-state index contributed by atoms with van der Waals surface area (Å²) in [5.41, 5.74) is 1.44. The average Bonchev–Trinajstić information content (AvgIpc) is 2.83. The fraction of sp³-hybridized carbons (Fsp3) is 0.200. The molecule has 6 nitrogen and oxygen atoms in total. The highest BCUT2D eigenvalue weighted by Gasteiger charge is 2.29. The van der Waals surface area contributed by atoms with Crippen LogP contribution in [0.3, 0.4) is 0 Å². The molecule has 1 amide bonds. The van der Waals surface area contributed by atoms with Gasteiger partial charge in [0.25, 0.3) is 5.91 Å². The van der Waals surface area contributed by atoms with E-state index in [-0.39, 0.29) is 45.3 Å². The molecule has 1 aliphatic heterocycles. The van der Waals surface area contributed by atoms with E-state index < -0.39 is 23.7 Å². The van der Waals surface area contributed by atoms with Gasteiger partial charge in [0.05, 0.1) is 32.8 Å². The molecule has 1 heterocycles. The van der Waals surface area contributed by atoms with E-state index >= 15 is 0 Å². The van der Waals surface area contributed by atoms with Crippen LogP contribution in [0.25, 0.3) is 11.1 Å². The van der Waals surface area contributed by atoms with Gasteiger partial charge in [-0.3, -0.25) is 4.79 Å². The second kappa shape index (κ2) is 11.1. The van der Waals surface area contributed by atoms with Crippen LogP contribution >= 0.6 is 46.4 Å². The number of amides is 1. The van der Waals surface area contributed by atoms with E-state index in [9.17, 15) is 14.0 Å². The summed E-state index contributed by atoms with van der Waals surface area (Å²) in [6.07, 6.45) is -0.00264. The largest absolute Gasteiger partial charge is 0.486 e. The minimum atomic E-state index is -1.10. The molecule has 0 saturated heterocycles. The lowest BCUT2D eigenvalue weighted by molar-refractivity contribution is -0.142. The molecule has 0 bridgehead atoms. The summed E-state index contributed by atoms with van der Waals surface area (Å²) in [4.78, 5) is 25.5. The third-order valence-corrected chi connectivity index (χ3v) is 6.68. The van der Waals surface area contributed by atoms with Crippen LogP contribution in [0, 0.1) is 5.82 Å². The van der Waals surface area contributed by atoms with Gasteiger partial charge in [0.15, 0.2) is 11.5 Å². The second-order valence-electron chi connectivity index (χ2n) is 7.72. The summed E-state index contributed by atoms with van der Waals surface area (Å²) >= 11 is 24.9. The predicted molar refractivity (Wildman–Crippen MR) is 136 cm³/mol. The number of benzene rings is 3. The molecule has 3 aromatic carbocycles. The molecule has 0 aromatic heterocycles. The Morgan fingerprint density at radius 1 is 0.972 bits per heavy atom. The Balaban J connectivity index is 1.71. The molecule has 1 aliphatic rings. The van der Waals surface area contributed by atoms with Crippen molar-refractivity contribution in [2.24, 2.45) is 0 Å². The predicted octanol–water partition coefficient (Wildman–Crippen LogP) is 6.39. The van der Waals surface area contributed by atoms with Crippen molar-refractivity contribution >= 4 is 58.3 Å². The molecule has 3 aromatic rings. The van der Waals surface area contributed by atoms with E-state index in [4.69, 9.17) is 60.6 Å². The van der Waals surface area contributed by atoms with Crippen LogP contribution in [-0.2, 0) is 16.0 Å². The molecule has 11 heteroatoms. The Bertz CT molecular complexity index is 1310. The first-order valence-corrected chi connectivity index (χ1v) is 12.1. The molecule has 0 spiro atoms. The van der Waals surface area contributed by atoms with Crippen molar-refractivity contribution in [2.45, 2.75) is 12.5 Å². The van der Waals surface area contributed by atoms with Crippen LogP contribution in [0.2, 0.25) is 20.1 Å². The third-order valence-electron chi connectivity index (χ3n) is 5.45. The van der Waals surface area contributed by atoms with Gasteiger partial charge in [-0.2, -0.15) is 0 Å². The van der Waals surface area contributed by atoms with Gasteiger partial charge in [-0.25, -0.2) is 9.18 Å². The maximum absolute atomic E-state index is 13.7. The van der Waals surface area contributed by atoms with Gasteiger partial charge in [-0.1, -0.05) is 58.5 Å². The molecule has 1 atom stereocenters. The van der Waals surface area contributed by atoms with Gasteiger partial charge < -0.3 is 19.5 Å². The highest BCUT2D eigenvalue weighted by molar-refractivity contribution is 6.40. The zero-order valence-electron chi connectivity index (χ0n) is 18.7. The summed E-state index contributed by atoms with van der Waals surface area (Å²) in [6, 6.07) is 9.18. The molecule has 0 unspecified atom stereocenters. The molecule has 4 rings (SSSR count). The summed E-state index contributed by atoms with van der Waals surface area (Å²) in [7, 11) is 1.21. The highest BCUT2D eigenvalue weighted by atomic mass is 35.5. The van der Waals surface area contributed by atoms with Crippen LogP contribution in [0.1, 0.15) is 15.9 Å². The fourth-order valence-electron chi connectivity index (χ4n) is 3.85. The Morgan fingerprint density at radius 2 is 1.58 bits per heavy atom. The smallest absolute Gasteiger partial charge is 0.328 e. The van der Waals surface area contributed by atoms with E-state index in [0.717, 1.165) is 12.1 Å². The fourth-order valence-corrected chi connectivity index (χ4v) is 5.08. The zero-order chi connectivity index (χ0) is 26.0. The van der Waals surface area contributed by atoms with E-state index in [1.807, 2.05) is 0 Å². The topological polar surface area (TPSA) is 73.9 Å². The molecule has 36 heavy (non-hydrogen) atoms. The van der Waals surface area contributed by atoms with E-state index in [0.29, 0.717) is 28.2 Å². The monoisotopic (exact) mass is 571 g/mol. The number of nitrogens with one attached hydrogen (secondary N) is 1. The van der Waals surface area contributed by atoms with Crippen molar-refractivity contribution in [2.75, 3.05) is 20.3 Å². The number of ether oxygens (including phenoxy) is 3. The quantitative estimate of drug-likeness (QED) is 0.346. The van der Waals surface area contributed by atoms with E-state index in [1.165, 1.54) is 19.2 Å². The molecular weight excluding hydrogens is 555 g/mol. The lowest BCUT2D eigenvalue weighted by Gasteiger charge is -2.26. The van der Waals surface area contributed by atoms with Crippen molar-refractivity contribution in [1.82, 2.24) is 5.32 Å². The van der Waals surface area contributed by atoms with Crippen LogP contribution in [-0.4, -0.2) is 38.2 Å². The van der Waals surface area contributed by atoms with Crippen molar-refractivity contribution in [1.29, 1.82) is 0 Å². The number of rotatable bonds is 6. The highest BCUT2D eigenvalue weighted by Crippen LogP contribution is 2.47. The number of halogens is 5. The maximum atomic E-state index is 13.7. The van der Waals surface area contributed by atoms with Gasteiger partial charge in [0, 0.05) is 23.1 Å². The van der Waals surface area contributed by atoms with Crippen LogP contribution in [0.15, 0.2) is 42.5 Å². The number of esters is 1. The van der Waals surface area contributed by atoms with Crippen molar-refractivity contribution < 1.29 is 28.2 Å². The Morgan fingerprint density at radius 3 is 2.19 bits per heavy atom. The average molecular weight is 573 g/mol. The van der Waals surface area contributed by atoms with Crippen LogP contribution in [0.5, 0.6) is 11.5 Å². The minimum Gasteiger partial charge on any atom is -0.486 e. The lowest BCUT2D eigenvalue weighted by atomic mass is 9.97. The first-order valence-electron chi connectivity index (χ1n) is 10.6. The van der Waals surface area contributed by atoms with Crippen LogP contribution in [0.4, 0.5) is 4.39 Å². The summed E-state index contributed by atoms with van der Waals surface area (Å²) in [5.74, 6) is -1.24. The van der Waals surface area contributed by atoms with Crippen molar-refractivity contribution in [3.8, 4) is 22.6 Å². The van der Waals surface area contributed by atoms with E-state index in [1.54, 1.807) is 18.2 Å². The second-order valence-corrected chi connectivity index (χ2v) is 9.35. The van der Waals surface area contributed by atoms with Gasteiger partial charge in [0.1, 0.15) is 25.1 Å². The van der Waals surface area contributed by atoms with Gasteiger partial charge in [-0.15, -0.1) is 0 Å². The molecule has 0 aliphatic carbocycles. The molecule has 0 saturated carbocycles. The maximum Gasteiger partial charge on any atom is 0.328 e. The Hall–Kier alpha value is -2.71. The van der Waals surface area contributed by atoms with Gasteiger partial charge in [-0.05, 0) is 30.3 Å². The molecule has 188 valence electrons. The van der Waals surface area contributed by atoms with Gasteiger partial charge in [0.2, 0.25) is 0 Å². The number of hydrogen-bond acceptors (Lipinski definition) is 5. The number of carbonyl (C=O) groups is 2. The van der Waals surface area contributed by atoms with Crippen molar-refractivity contribution in [3.63, 3.8) is 0 Å². The SMILES string of the molecule is COC(=O)[C@H](Cc1ccc(-c2c(Cl)cc(F)cc2Cl)c2c1OCCO2)NC(=O)c1c(Cl)cccc1Cl. The summed E-state index contributed by atoms with van der Waals surface area (Å²) in [6.45, 7) is 0.501. The zero-order valence-corrected chi connectivity index (χ0v) is 21.7. The normalized spacial score (nSPS) is 13.2. The first kappa shape index (κ1) is 26.4. The minimum absolute atomic E-state index is 0.00264. The molecule has 0 fully saturated rings. The van der Waals surface area contributed by atoms with Crippen LogP contribution < -0.4 is 14.8 Å². The third kappa shape index (κ3) is 5.34. The number of methoxy groups -OCH3 is 1. The summed E-state index contributed by atoms with van der Waals surface area (Å²) in [5, 5.41) is 3.09. The Labute approximate surface area is 226 Å². The Kier molecular flexibility index (Phi) is 8.15. The standard InChI is InChI=1S/C25H18Cl4FNO5/c1-34-25(33)19(31-24(32)21-15(26)3-2-4-16(21)27)9-12-5-6-14(23-22(12)35-7-8-36-23)20-17(28)10-13(30)11-18(20)29/h2-6,10-11,19H,7-9H2,1H3,(H,31,32)/t19-/m0/s1. The lowest BCUT2D eigenvalue weighted by Crippen LogP contribution is -2.43. The number of hydrogen-bond donors (Lipinski definition) is 1. The van der Waals surface area contributed by atoms with Crippen molar-refractivity contribution in [3.05, 3.63) is 79.5 Å².